The molecule has 0 unspecified atom stereocenters. The van der Waals surface area contributed by atoms with E-state index in [2.05, 4.69) is 22.0 Å². The molecule has 0 radical (unpaired) electrons. The molecule has 132 valence electrons. The molecule has 4 rings (SSSR count). The Bertz CT molecular complexity index is 847. The van der Waals surface area contributed by atoms with Gasteiger partial charge in [-0.1, -0.05) is 12.1 Å². The van der Waals surface area contributed by atoms with E-state index in [9.17, 15) is 8.42 Å². The van der Waals surface area contributed by atoms with Crippen LogP contribution in [0.1, 0.15) is 11.1 Å². The highest BCUT2D eigenvalue weighted by molar-refractivity contribution is 7.89. The summed E-state index contributed by atoms with van der Waals surface area (Å²) < 4.78 is 32.4. The highest BCUT2D eigenvalue weighted by atomic mass is 32.2. The molecule has 2 aliphatic rings. The first-order valence-corrected chi connectivity index (χ1v) is 9.94. The number of nitrogens with zero attached hydrogens (tertiary/aromatic N) is 3. The van der Waals surface area contributed by atoms with Crippen molar-refractivity contribution in [1.82, 2.24) is 14.2 Å². The summed E-state index contributed by atoms with van der Waals surface area (Å²) >= 11 is 0. The van der Waals surface area contributed by atoms with Crippen LogP contribution in [-0.4, -0.2) is 55.4 Å². The van der Waals surface area contributed by atoms with E-state index in [4.69, 9.17) is 4.74 Å². The third-order valence-electron chi connectivity index (χ3n) is 4.76. The van der Waals surface area contributed by atoms with Gasteiger partial charge in [-0.15, -0.1) is 0 Å². The van der Waals surface area contributed by atoms with Crippen molar-refractivity contribution in [2.75, 3.05) is 32.8 Å². The third-order valence-corrected chi connectivity index (χ3v) is 6.65. The van der Waals surface area contributed by atoms with E-state index in [-0.39, 0.29) is 4.90 Å². The monoisotopic (exact) mass is 359 g/mol. The van der Waals surface area contributed by atoms with Crippen molar-refractivity contribution in [3.63, 3.8) is 0 Å². The molecule has 0 spiro atoms. The minimum atomic E-state index is -3.44. The normalized spacial score (nSPS) is 18.7. The lowest BCUT2D eigenvalue weighted by atomic mass is 10.1. The van der Waals surface area contributed by atoms with Crippen LogP contribution < -0.4 is 4.74 Å². The first-order chi connectivity index (χ1) is 12.1. The second-order valence-corrected chi connectivity index (χ2v) is 8.35. The number of hydrogen-bond acceptors (Lipinski definition) is 5. The van der Waals surface area contributed by atoms with Gasteiger partial charge in [0.2, 0.25) is 10.0 Å². The summed E-state index contributed by atoms with van der Waals surface area (Å²) in [5.41, 5.74) is 2.53. The molecule has 25 heavy (non-hydrogen) atoms. The average molecular weight is 359 g/mol. The first-order valence-electron chi connectivity index (χ1n) is 8.50. The number of aromatic nitrogens is 1. The van der Waals surface area contributed by atoms with Crippen LogP contribution in [0.5, 0.6) is 5.75 Å². The molecule has 0 aliphatic carbocycles. The lowest BCUT2D eigenvalue weighted by molar-refractivity contribution is 0.181. The maximum atomic E-state index is 12.6. The van der Waals surface area contributed by atoms with Crippen molar-refractivity contribution < 1.29 is 13.2 Å². The van der Waals surface area contributed by atoms with E-state index in [1.165, 1.54) is 17.3 Å². The number of fused-ring (bicyclic) bond motifs is 1. The van der Waals surface area contributed by atoms with Gasteiger partial charge in [-0.05, 0) is 29.3 Å². The van der Waals surface area contributed by atoms with Gasteiger partial charge in [0.1, 0.15) is 10.6 Å². The molecule has 1 aromatic heterocycles. The number of piperazine rings is 1. The molecular weight excluding hydrogens is 338 g/mol. The van der Waals surface area contributed by atoms with Crippen LogP contribution in [0, 0.1) is 0 Å². The van der Waals surface area contributed by atoms with E-state index in [0.29, 0.717) is 13.1 Å². The topological polar surface area (TPSA) is 62.7 Å². The fourth-order valence-electron chi connectivity index (χ4n) is 3.37. The maximum absolute atomic E-state index is 12.6. The predicted octanol–water partition coefficient (Wildman–Crippen LogP) is 1.52. The second kappa shape index (κ2) is 6.74. The molecule has 0 amide bonds. The molecule has 0 N–H and O–H groups in total. The van der Waals surface area contributed by atoms with Crippen molar-refractivity contribution in [1.29, 1.82) is 0 Å². The maximum Gasteiger partial charge on any atom is 0.244 e. The van der Waals surface area contributed by atoms with E-state index in [0.717, 1.165) is 38.4 Å². The molecule has 0 atom stereocenters. The number of ether oxygens (including phenoxy) is 1. The minimum Gasteiger partial charge on any atom is -0.493 e. The van der Waals surface area contributed by atoms with Crippen LogP contribution in [0.4, 0.5) is 0 Å². The molecule has 0 bridgehead atoms. The van der Waals surface area contributed by atoms with Gasteiger partial charge in [0, 0.05) is 51.5 Å². The molecule has 1 saturated heterocycles. The van der Waals surface area contributed by atoms with Crippen LogP contribution in [0.2, 0.25) is 0 Å². The summed E-state index contributed by atoms with van der Waals surface area (Å²) in [5, 5.41) is 0. The zero-order valence-electron chi connectivity index (χ0n) is 14.0. The fraction of sp³-hybridized carbons (Fsp3) is 0.389. The van der Waals surface area contributed by atoms with Crippen LogP contribution in [0.25, 0.3) is 0 Å². The Morgan fingerprint density at radius 1 is 1.12 bits per heavy atom. The summed E-state index contributed by atoms with van der Waals surface area (Å²) in [5.74, 6) is 0.996. The molecular formula is C18H21N3O3S. The molecule has 6 nitrogen and oxygen atoms in total. The molecule has 0 saturated carbocycles. The molecule has 3 heterocycles. The Labute approximate surface area is 148 Å². The third kappa shape index (κ3) is 3.40. The van der Waals surface area contributed by atoms with Gasteiger partial charge in [0.05, 0.1) is 6.61 Å². The summed E-state index contributed by atoms with van der Waals surface area (Å²) in [4.78, 5) is 6.48. The van der Waals surface area contributed by atoms with Gasteiger partial charge >= 0.3 is 0 Å². The van der Waals surface area contributed by atoms with Gasteiger partial charge in [-0.25, -0.2) is 8.42 Å². The van der Waals surface area contributed by atoms with Crippen molar-refractivity contribution in [3.05, 3.63) is 53.9 Å². The predicted molar refractivity (Wildman–Crippen MR) is 93.9 cm³/mol. The largest absolute Gasteiger partial charge is 0.493 e. The van der Waals surface area contributed by atoms with Crippen LogP contribution in [-0.2, 0) is 23.0 Å². The summed E-state index contributed by atoms with van der Waals surface area (Å²) in [6.45, 7) is 4.08. The highest BCUT2D eigenvalue weighted by Crippen LogP contribution is 2.26. The fourth-order valence-corrected chi connectivity index (χ4v) is 4.76. The quantitative estimate of drug-likeness (QED) is 0.828. The molecule has 2 aliphatic heterocycles. The zero-order chi connectivity index (χ0) is 17.3. The average Bonchev–Trinajstić information content (AvgIpc) is 3.11. The van der Waals surface area contributed by atoms with Gasteiger partial charge in [0.25, 0.3) is 0 Å². The van der Waals surface area contributed by atoms with Gasteiger partial charge in [0.15, 0.2) is 0 Å². The summed E-state index contributed by atoms with van der Waals surface area (Å²) in [7, 11) is -3.44. The Morgan fingerprint density at radius 2 is 1.96 bits per heavy atom. The Hall–Kier alpha value is -1.96. The van der Waals surface area contributed by atoms with Crippen LogP contribution in [0.15, 0.2) is 47.6 Å². The van der Waals surface area contributed by atoms with Gasteiger partial charge < -0.3 is 4.74 Å². The van der Waals surface area contributed by atoms with E-state index < -0.39 is 10.0 Å². The number of benzene rings is 1. The molecule has 1 fully saturated rings. The van der Waals surface area contributed by atoms with Gasteiger partial charge in [-0.2, -0.15) is 4.31 Å². The molecule has 7 heteroatoms. The van der Waals surface area contributed by atoms with E-state index in [1.807, 2.05) is 6.07 Å². The second-order valence-electron chi connectivity index (χ2n) is 6.41. The lowest BCUT2D eigenvalue weighted by Crippen LogP contribution is -2.48. The van der Waals surface area contributed by atoms with Crippen molar-refractivity contribution in [2.45, 2.75) is 17.9 Å². The van der Waals surface area contributed by atoms with Crippen molar-refractivity contribution in [3.8, 4) is 5.75 Å². The van der Waals surface area contributed by atoms with E-state index >= 15 is 0 Å². The number of rotatable bonds is 4. The minimum absolute atomic E-state index is 0.266. The number of hydrogen-bond donors (Lipinski definition) is 0. The smallest absolute Gasteiger partial charge is 0.244 e. The number of pyridine rings is 1. The molecule has 1 aromatic carbocycles. The Kier molecular flexibility index (Phi) is 4.45. The van der Waals surface area contributed by atoms with Crippen molar-refractivity contribution >= 4 is 10.0 Å². The number of sulfonamides is 1. The van der Waals surface area contributed by atoms with Crippen LogP contribution in [0.3, 0.4) is 0 Å². The van der Waals surface area contributed by atoms with E-state index in [1.54, 1.807) is 22.6 Å². The summed E-state index contributed by atoms with van der Waals surface area (Å²) in [6.07, 6.45) is 3.97. The highest BCUT2D eigenvalue weighted by Gasteiger charge is 2.28. The Balaban J connectivity index is 1.39. The van der Waals surface area contributed by atoms with Crippen molar-refractivity contribution in [2.24, 2.45) is 0 Å². The zero-order valence-corrected chi connectivity index (χ0v) is 14.8. The lowest BCUT2D eigenvalue weighted by Gasteiger charge is -2.34. The standard InChI is InChI=1S/C18H21N3O3S/c22-25(23,17-2-1-6-19-13-17)21-9-7-20(8-10-21)14-15-3-4-18-16(12-15)5-11-24-18/h1-4,6,12-13H,5,7-11,14H2. The Morgan fingerprint density at radius 3 is 2.72 bits per heavy atom. The first kappa shape index (κ1) is 16.5. The molecule has 2 aromatic rings. The SMILES string of the molecule is O=S(=O)(c1cccnc1)N1CCN(Cc2ccc3c(c2)CCO3)CC1. The summed E-state index contributed by atoms with van der Waals surface area (Å²) in [6, 6.07) is 9.60. The van der Waals surface area contributed by atoms with Gasteiger partial charge in [-0.3, -0.25) is 9.88 Å². The van der Waals surface area contributed by atoms with Crippen LogP contribution >= 0.6 is 0 Å².